The molecular weight excluding hydrogens is 316 g/mol. The molecule has 2 aliphatic heterocycles. The molecule has 116 valence electrons. The number of hydrogen-bond acceptors (Lipinski definition) is 7. The fraction of sp³-hybridized carbons (Fsp3) is 0.0588. The van der Waals surface area contributed by atoms with Crippen LogP contribution < -0.4 is 5.43 Å². The summed E-state index contributed by atoms with van der Waals surface area (Å²) in [6, 6.07) is 5.62. The van der Waals surface area contributed by atoms with Crippen LogP contribution in [0.1, 0.15) is 36.6 Å². The predicted octanol–water partition coefficient (Wildman–Crippen LogP) is 1.93. The van der Waals surface area contributed by atoms with Crippen molar-refractivity contribution in [1.29, 1.82) is 0 Å². The van der Waals surface area contributed by atoms with Crippen molar-refractivity contribution in [2.24, 2.45) is 0 Å². The topological polar surface area (TPSA) is 99.9 Å². The summed E-state index contributed by atoms with van der Waals surface area (Å²) in [5.41, 5.74) is 1.10. The second kappa shape index (κ2) is 4.08. The van der Waals surface area contributed by atoms with Crippen molar-refractivity contribution >= 4 is 39.8 Å². The van der Waals surface area contributed by atoms with E-state index < -0.39 is 23.3 Å². The SMILES string of the molecule is O=C1OCc2cc3oc4cc5c(cc4c(=O)c3cc21)C(=O)OC5=O. The molecule has 0 N–H and O–H groups in total. The summed E-state index contributed by atoms with van der Waals surface area (Å²) in [5.74, 6) is -2.06. The molecule has 24 heavy (non-hydrogen) atoms. The summed E-state index contributed by atoms with van der Waals surface area (Å²) in [6.45, 7) is 0.122. The third-order valence-corrected chi connectivity index (χ3v) is 4.24. The van der Waals surface area contributed by atoms with Crippen LogP contribution in [-0.4, -0.2) is 17.9 Å². The number of cyclic esters (lactones) is 3. The minimum Gasteiger partial charge on any atom is -0.457 e. The first-order chi connectivity index (χ1) is 11.5. The van der Waals surface area contributed by atoms with Gasteiger partial charge in [0.15, 0.2) is 0 Å². The smallest absolute Gasteiger partial charge is 0.347 e. The molecule has 2 aromatic carbocycles. The second-order valence-electron chi connectivity index (χ2n) is 5.58. The van der Waals surface area contributed by atoms with Crippen molar-refractivity contribution in [2.45, 2.75) is 6.61 Å². The van der Waals surface area contributed by atoms with E-state index in [1.165, 1.54) is 18.2 Å². The number of carbonyl (C=O) groups excluding carboxylic acids is 3. The van der Waals surface area contributed by atoms with E-state index in [-0.39, 0.29) is 39.7 Å². The van der Waals surface area contributed by atoms with Crippen LogP contribution >= 0.6 is 0 Å². The first-order valence-electron chi connectivity index (χ1n) is 7.04. The van der Waals surface area contributed by atoms with E-state index >= 15 is 0 Å². The van der Waals surface area contributed by atoms with E-state index in [1.807, 2.05) is 0 Å². The lowest BCUT2D eigenvalue weighted by Crippen LogP contribution is -2.06. The van der Waals surface area contributed by atoms with E-state index in [9.17, 15) is 19.2 Å². The monoisotopic (exact) mass is 322 g/mol. The molecule has 0 bridgehead atoms. The lowest BCUT2D eigenvalue weighted by molar-refractivity contribution is 0.0442. The number of esters is 3. The van der Waals surface area contributed by atoms with Gasteiger partial charge in [0.25, 0.3) is 0 Å². The van der Waals surface area contributed by atoms with Crippen LogP contribution in [0.25, 0.3) is 21.9 Å². The van der Waals surface area contributed by atoms with E-state index in [4.69, 9.17) is 9.15 Å². The van der Waals surface area contributed by atoms with Gasteiger partial charge in [-0.3, -0.25) is 4.79 Å². The van der Waals surface area contributed by atoms with Gasteiger partial charge in [-0.15, -0.1) is 0 Å². The Hall–Kier alpha value is -3.48. The maximum Gasteiger partial charge on any atom is 0.347 e. The summed E-state index contributed by atoms with van der Waals surface area (Å²) < 4.78 is 15.2. The molecule has 0 saturated heterocycles. The maximum atomic E-state index is 12.7. The van der Waals surface area contributed by atoms with Crippen molar-refractivity contribution < 1.29 is 28.3 Å². The van der Waals surface area contributed by atoms with E-state index in [0.29, 0.717) is 11.1 Å². The summed E-state index contributed by atoms with van der Waals surface area (Å²) in [7, 11) is 0. The quantitative estimate of drug-likeness (QED) is 0.354. The van der Waals surface area contributed by atoms with Crippen LogP contribution in [0, 0.1) is 0 Å². The highest BCUT2D eigenvalue weighted by atomic mass is 16.6. The van der Waals surface area contributed by atoms with Crippen LogP contribution in [0.2, 0.25) is 0 Å². The number of carbonyl (C=O) groups is 3. The van der Waals surface area contributed by atoms with Crippen LogP contribution in [0.5, 0.6) is 0 Å². The molecule has 0 atom stereocenters. The van der Waals surface area contributed by atoms with Gasteiger partial charge >= 0.3 is 17.9 Å². The van der Waals surface area contributed by atoms with Crippen molar-refractivity contribution in [3.63, 3.8) is 0 Å². The molecule has 0 unspecified atom stereocenters. The molecule has 7 nitrogen and oxygen atoms in total. The zero-order valence-corrected chi connectivity index (χ0v) is 11.9. The molecule has 0 aliphatic carbocycles. The Bertz CT molecular complexity index is 1200. The van der Waals surface area contributed by atoms with Gasteiger partial charge in [-0.05, 0) is 24.3 Å². The first-order valence-corrected chi connectivity index (χ1v) is 7.04. The predicted molar refractivity (Wildman–Crippen MR) is 78.9 cm³/mol. The number of rotatable bonds is 0. The minimum atomic E-state index is -0.797. The second-order valence-corrected chi connectivity index (χ2v) is 5.58. The summed E-state index contributed by atoms with van der Waals surface area (Å²) in [5, 5.41) is 0.344. The standard InChI is InChI=1S/C17H6O7/c18-14-10-2-7-6(5-22-15(7)19)1-12(10)23-13-4-9-8(3-11(13)14)16(20)24-17(9)21/h1-4H,5H2. The highest BCUT2D eigenvalue weighted by molar-refractivity contribution is 6.17. The number of benzene rings is 2. The van der Waals surface area contributed by atoms with Crippen LogP contribution in [-0.2, 0) is 16.1 Å². The maximum absolute atomic E-state index is 12.7. The average molecular weight is 322 g/mol. The third kappa shape index (κ3) is 1.50. The molecule has 3 aromatic rings. The Labute approximate surface area is 132 Å². The molecule has 0 radical (unpaired) electrons. The van der Waals surface area contributed by atoms with Gasteiger partial charge in [-0.25, -0.2) is 14.4 Å². The van der Waals surface area contributed by atoms with Crippen LogP contribution in [0.3, 0.4) is 0 Å². The van der Waals surface area contributed by atoms with Crippen molar-refractivity contribution in [2.75, 3.05) is 0 Å². The molecule has 3 heterocycles. The summed E-state index contributed by atoms with van der Waals surface area (Å²) in [6.07, 6.45) is 0. The molecule has 0 fully saturated rings. The molecule has 5 rings (SSSR count). The van der Waals surface area contributed by atoms with Gasteiger partial charge < -0.3 is 13.9 Å². The highest BCUT2D eigenvalue weighted by Gasteiger charge is 2.31. The molecule has 1 aromatic heterocycles. The van der Waals surface area contributed by atoms with Gasteiger partial charge in [0.05, 0.1) is 27.5 Å². The Morgan fingerprint density at radius 3 is 2.08 bits per heavy atom. The molecule has 0 amide bonds. The number of ether oxygens (including phenoxy) is 2. The van der Waals surface area contributed by atoms with Gasteiger partial charge in [0.2, 0.25) is 5.43 Å². The fourth-order valence-electron chi connectivity index (χ4n) is 3.05. The van der Waals surface area contributed by atoms with Crippen molar-refractivity contribution in [3.8, 4) is 0 Å². The zero-order chi connectivity index (χ0) is 16.6. The molecular formula is C17H6O7. The number of fused-ring (bicyclic) bond motifs is 4. The van der Waals surface area contributed by atoms with Gasteiger partial charge in [-0.1, -0.05) is 0 Å². The average Bonchev–Trinajstić information content (AvgIpc) is 3.05. The van der Waals surface area contributed by atoms with Crippen LogP contribution in [0.15, 0.2) is 33.5 Å². The Morgan fingerprint density at radius 1 is 0.708 bits per heavy atom. The van der Waals surface area contributed by atoms with E-state index in [2.05, 4.69) is 4.74 Å². The van der Waals surface area contributed by atoms with E-state index in [0.717, 1.165) is 0 Å². The molecule has 0 saturated carbocycles. The van der Waals surface area contributed by atoms with Gasteiger partial charge in [0, 0.05) is 5.56 Å². The Kier molecular flexibility index (Phi) is 2.21. The van der Waals surface area contributed by atoms with E-state index in [1.54, 1.807) is 6.07 Å². The highest BCUT2D eigenvalue weighted by Crippen LogP contribution is 2.29. The van der Waals surface area contributed by atoms with Gasteiger partial charge in [0.1, 0.15) is 17.8 Å². The Balaban J connectivity index is 1.92. The summed E-state index contributed by atoms with van der Waals surface area (Å²) in [4.78, 5) is 47.7. The lowest BCUT2D eigenvalue weighted by Gasteiger charge is -2.04. The molecule has 0 spiro atoms. The van der Waals surface area contributed by atoms with Crippen molar-refractivity contribution in [3.05, 3.63) is 56.7 Å². The van der Waals surface area contributed by atoms with Gasteiger partial charge in [-0.2, -0.15) is 0 Å². The largest absolute Gasteiger partial charge is 0.457 e. The molecule has 7 heteroatoms. The summed E-state index contributed by atoms with van der Waals surface area (Å²) >= 11 is 0. The number of hydrogen-bond donors (Lipinski definition) is 0. The molecule has 2 aliphatic rings. The Morgan fingerprint density at radius 2 is 1.33 bits per heavy atom. The fourth-order valence-corrected chi connectivity index (χ4v) is 3.05. The lowest BCUT2D eigenvalue weighted by atomic mass is 10.0. The normalized spacial score (nSPS) is 15.6. The van der Waals surface area contributed by atoms with Crippen molar-refractivity contribution in [1.82, 2.24) is 0 Å². The van der Waals surface area contributed by atoms with Crippen LogP contribution in [0.4, 0.5) is 0 Å². The first kappa shape index (κ1) is 13.0. The zero-order valence-electron chi connectivity index (χ0n) is 11.9. The minimum absolute atomic E-state index is 0.0275. The third-order valence-electron chi connectivity index (χ3n) is 4.24.